The molecule has 0 saturated carbocycles. The molecule has 7 nitrogen and oxygen atoms in total. The number of nitrogens with zero attached hydrogens (tertiary/aromatic N) is 2. The van der Waals surface area contributed by atoms with Crippen molar-refractivity contribution in [3.8, 4) is 0 Å². The molecule has 27 heavy (non-hydrogen) atoms. The Morgan fingerprint density at radius 2 is 2.07 bits per heavy atom. The number of anilines is 2. The Hall–Kier alpha value is -2.74. The van der Waals surface area contributed by atoms with Crippen molar-refractivity contribution in [1.82, 2.24) is 9.97 Å². The molecule has 2 N–H and O–H groups in total. The number of aromatic nitrogens is 2. The first-order valence-corrected chi connectivity index (χ1v) is 9.02. The zero-order chi connectivity index (χ0) is 19.8. The van der Waals surface area contributed by atoms with E-state index >= 15 is 0 Å². The summed E-state index contributed by atoms with van der Waals surface area (Å²) in [5.41, 5.74) is 0.167. The lowest BCUT2D eigenvalue weighted by Crippen LogP contribution is -2.42. The molecular weight excluding hydrogens is 351 g/mol. The van der Waals surface area contributed by atoms with Gasteiger partial charge in [0.15, 0.2) is 0 Å². The van der Waals surface area contributed by atoms with Crippen molar-refractivity contribution in [2.45, 2.75) is 33.3 Å². The van der Waals surface area contributed by atoms with Crippen LogP contribution in [0.25, 0.3) is 0 Å². The monoisotopic (exact) mass is 376 g/mol. The molecule has 1 fully saturated rings. The van der Waals surface area contributed by atoms with E-state index in [-0.39, 0.29) is 35.6 Å². The Labute approximate surface area is 157 Å². The smallest absolute Gasteiger partial charge is 0.252 e. The number of H-pyrrole nitrogens is 1. The van der Waals surface area contributed by atoms with Gasteiger partial charge in [0.2, 0.25) is 5.91 Å². The first-order valence-electron chi connectivity index (χ1n) is 9.02. The fourth-order valence-electron chi connectivity index (χ4n) is 2.66. The predicted octanol–water partition coefficient (Wildman–Crippen LogP) is 2.34. The number of hydrogen-bond donors (Lipinski definition) is 2. The van der Waals surface area contributed by atoms with E-state index in [1.165, 1.54) is 30.3 Å². The van der Waals surface area contributed by atoms with E-state index in [0.29, 0.717) is 31.2 Å². The van der Waals surface area contributed by atoms with Gasteiger partial charge in [-0.2, -0.15) is 0 Å². The van der Waals surface area contributed by atoms with Crippen LogP contribution < -0.4 is 15.8 Å². The summed E-state index contributed by atoms with van der Waals surface area (Å²) in [4.78, 5) is 32.9. The van der Waals surface area contributed by atoms with Crippen molar-refractivity contribution in [3.05, 3.63) is 52.3 Å². The minimum absolute atomic E-state index is 0.0556. The lowest BCUT2D eigenvalue weighted by Gasteiger charge is -2.31. The summed E-state index contributed by atoms with van der Waals surface area (Å²) in [6.45, 7) is 7.80. The molecule has 1 aliphatic heterocycles. The summed E-state index contributed by atoms with van der Waals surface area (Å²) in [6, 6.07) is 6.87. The van der Waals surface area contributed by atoms with Gasteiger partial charge in [0.05, 0.1) is 19.1 Å². The molecule has 2 heterocycles. The van der Waals surface area contributed by atoms with Crippen molar-refractivity contribution in [2.75, 3.05) is 29.9 Å². The van der Waals surface area contributed by atoms with Crippen LogP contribution in [0.4, 0.5) is 15.9 Å². The molecule has 0 spiro atoms. The highest BCUT2D eigenvalue weighted by molar-refractivity contribution is 5.91. The molecule has 1 aromatic carbocycles. The Balaban J connectivity index is 0.00000126. The van der Waals surface area contributed by atoms with Gasteiger partial charge in [-0.05, 0) is 31.2 Å². The number of rotatable bonds is 4. The summed E-state index contributed by atoms with van der Waals surface area (Å²) in [5.74, 6) is 0.0865. The number of carbonyl (C=O) groups is 1. The number of ether oxygens (including phenoxy) is 1. The van der Waals surface area contributed by atoms with Gasteiger partial charge in [-0.15, -0.1) is 0 Å². The van der Waals surface area contributed by atoms with Crippen LogP contribution in [-0.4, -0.2) is 41.7 Å². The molecule has 1 amide bonds. The van der Waals surface area contributed by atoms with Gasteiger partial charge in [0.1, 0.15) is 17.5 Å². The van der Waals surface area contributed by atoms with E-state index < -0.39 is 0 Å². The topological polar surface area (TPSA) is 87.3 Å². The molecule has 146 valence electrons. The summed E-state index contributed by atoms with van der Waals surface area (Å²) in [6.07, 6.45) is -0.0274. The maximum absolute atomic E-state index is 12.9. The summed E-state index contributed by atoms with van der Waals surface area (Å²) in [5, 5.41) is 2.64. The predicted molar refractivity (Wildman–Crippen MR) is 103 cm³/mol. The normalized spacial score (nSPS) is 16.3. The minimum Gasteiger partial charge on any atom is -0.375 e. The molecule has 2 aromatic rings. The van der Waals surface area contributed by atoms with Crippen LogP contribution >= 0.6 is 0 Å². The van der Waals surface area contributed by atoms with Crippen LogP contribution in [0.2, 0.25) is 0 Å². The molecule has 1 aliphatic rings. The van der Waals surface area contributed by atoms with Gasteiger partial charge < -0.3 is 19.9 Å². The van der Waals surface area contributed by atoms with E-state index in [2.05, 4.69) is 15.3 Å². The van der Waals surface area contributed by atoms with Crippen molar-refractivity contribution < 1.29 is 13.9 Å². The first kappa shape index (κ1) is 20.6. The molecule has 0 bridgehead atoms. The Morgan fingerprint density at radius 3 is 2.74 bits per heavy atom. The maximum atomic E-state index is 12.9. The van der Waals surface area contributed by atoms with E-state index in [0.717, 1.165) is 0 Å². The van der Waals surface area contributed by atoms with E-state index in [1.807, 2.05) is 25.7 Å². The van der Waals surface area contributed by atoms with Gasteiger partial charge in [0.25, 0.3) is 5.56 Å². The largest absolute Gasteiger partial charge is 0.375 e. The number of benzene rings is 1. The molecule has 0 aliphatic carbocycles. The van der Waals surface area contributed by atoms with Gasteiger partial charge in [-0.1, -0.05) is 13.8 Å². The van der Waals surface area contributed by atoms with Gasteiger partial charge in [-0.3, -0.25) is 9.59 Å². The summed E-state index contributed by atoms with van der Waals surface area (Å²) in [7, 11) is 0. The van der Waals surface area contributed by atoms with Crippen molar-refractivity contribution in [3.63, 3.8) is 0 Å². The second-order valence-corrected chi connectivity index (χ2v) is 5.91. The standard InChI is InChI=1S/C17H19FN4O3.C2H6/c1-11-10-22(6-7-25-11)15-9-17(24)21-14(20-15)8-16(23)19-13-4-2-12(18)3-5-13;1-2/h2-5,9,11H,6-8,10H2,1H3,(H,19,23)(H,20,21,24);1-2H3. The molecule has 8 heteroatoms. The quantitative estimate of drug-likeness (QED) is 0.855. The summed E-state index contributed by atoms with van der Waals surface area (Å²) >= 11 is 0. The number of carbonyl (C=O) groups excluding carboxylic acids is 1. The zero-order valence-corrected chi connectivity index (χ0v) is 15.8. The Kier molecular flexibility index (Phi) is 7.48. The lowest BCUT2D eigenvalue weighted by molar-refractivity contribution is -0.115. The second kappa shape index (κ2) is 9.82. The highest BCUT2D eigenvalue weighted by Crippen LogP contribution is 2.14. The first-order chi connectivity index (χ1) is 13.0. The van der Waals surface area contributed by atoms with Crippen LogP contribution in [0.5, 0.6) is 0 Å². The third kappa shape index (κ3) is 6.18. The average molecular weight is 376 g/mol. The van der Waals surface area contributed by atoms with Crippen molar-refractivity contribution in [1.29, 1.82) is 0 Å². The molecule has 3 rings (SSSR count). The zero-order valence-electron chi connectivity index (χ0n) is 15.8. The van der Waals surface area contributed by atoms with Gasteiger partial charge >= 0.3 is 0 Å². The fourth-order valence-corrected chi connectivity index (χ4v) is 2.66. The van der Waals surface area contributed by atoms with E-state index in [1.54, 1.807) is 0 Å². The van der Waals surface area contributed by atoms with Gasteiger partial charge in [-0.25, -0.2) is 9.37 Å². The number of amides is 1. The molecule has 0 radical (unpaired) electrons. The number of morpholine rings is 1. The van der Waals surface area contributed by atoms with Crippen LogP contribution in [0, 0.1) is 5.82 Å². The number of hydrogen-bond acceptors (Lipinski definition) is 5. The summed E-state index contributed by atoms with van der Waals surface area (Å²) < 4.78 is 18.4. The number of nitrogens with one attached hydrogen (secondary N) is 2. The van der Waals surface area contributed by atoms with Crippen LogP contribution in [0.1, 0.15) is 26.6 Å². The molecule has 1 unspecified atom stereocenters. The molecule has 1 aromatic heterocycles. The maximum Gasteiger partial charge on any atom is 0.252 e. The van der Waals surface area contributed by atoms with Gasteiger partial charge in [0, 0.05) is 24.8 Å². The van der Waals surface area contributed by atoms with Crippen molar-refractivity contribution in [2.24, 2.45) is 0 Å². The SMILES string of the molecule is CC.CC1CN(c2cc(=O)[nH]c(CC(=O)Nc3ccc(F)cc3)n2)CCO1. The lowest BCUT2D eigenvalue weighted by atomic mass is 10.3. The highest BCUT2D eigenvalue weighted by atomic mass is 19.1. The number of aromatic amines is 1. The Morgan fingerprint density at radius 1 is 1.37 bits per heavy atom. The van der Waals surface area contributed by atoms with Crippen LogP contribution in [0.15, 0.2) is 35.1 Å². The van der Waals surface area contributed by atoms with Crippen molar-refractivity contribution >= 4 is 17.4 Å². The highest BCUT2D eigenvalue weighted by Gasteiger charge is 2.19. The molecular formula is C19H25FN4O3. The molecule has 1 atom stereocenters. The third-order valence-corrected chi connectivity index (χ3v) is 3.80. The van der Waals surface area contributed by atoms with E-state index in [4.69, 9.17) is 4.74 Å². The second-order valence-electron chi connectivity index (χ2n) is 5.91. The van der Waals surface area contributed by atoms with E-state index in [9.17, 15) is 14.0 Å². The average Bonchev–Trinajstić information content (AvgIpc) is 2.65. The number of halogens is 1. The van der Waals surface area contributed by atoms with Crippen LogP contribution in [0.3, 0.4) is 0 Å². The molecule has 1 saturated heterocycles. The van der Waals surface area contributed by atoms with Crippen LogP contribution in [-0.2, 0) is 16.0 Å². The fraction of sp³-hybridized carbons (Fsp3) is 0.421. The third-order valence-electron chi connectivity index (χ3n) is 3.80. The minimum atomic E-state index is -0.378. The Bertz CT molecular complexity index is 807.